The Morgan fingerprint density at radius 1 is 1.50 bits per heavy atom. The van der Waals surface area contributed by atoms with E-state index in [1.165, 1.54) is 0 Å². The van der Waals surface area contributed by atoms with Crippen molar-refractivity contribution in [3.63, 3.8) is 0 Å². The van der Waals surface area contributed by atoms with Gasteiger partial charge in [0.1, 0.15) is 12.2 Å². The Bertz CT molecular complexity index is 199. The van der Waals surface area contributed by atoms with Crippen LogP contribution in [0, 0.1) is 0 Å². The molecule has 2 atom stereocenters. The van der Waals surface area contributed by atoms with Gasteiger partial charge in [-0.3, -0.25) is 0 Å². The van der Waals surface area contributed by atoms with Crippen LogP contribution in [0.25, 0.3) is 0 Å². The van der Waals surface area contributed by atoms with Gasteiger partial charge in [-0.25, -0.2) is 0 Å². The molecule has 0 aromatic carbocycles. The van der Waals surface area contributed by atoms with E-state index < -0.39 is 12.2 Å². The Morgan fingerprint density at radius 3 is 2.92 bits per heavy atom. The Hall–Kier alpha value is -0.250. The molecule has 0 spiro atoms. The minimum absolute atomic E-state index is 0.700. The monoisotopic (exact) mass is 186 g/mol. The summed E-state index contributed by atoms with van der Waals surface area (Å²) >= 11 is 1.75. The smallest absolute Gasteiger partial charge is 0.106 e. The number of hydrogen-bond donors (Lipinski definition) is 2. The summed E-state index contributed by atoms with van der Waals surface area (Å²) in [4.78, 5) is 0. The van der Waals surface area contributed by atoms with Crippen molar-refractivity contribution in [2.75, 3.05) is 11.5 Å². The standard InChI is InChI=1S/C9H14O2S/c1-2-12-6-7-4-3-5-8(10)9(7)11/h3-5,8-11H,2,6H2,1H3/t8-,9+/m0/s1. The molecule has 0 fully saturated rings. The molecule has 3 heteroatoms. The van der Waals surface area contributed by atoms with E-state index in [4.69, 9.17) is 0 Å². The van der Waals surface area contributed by atoms with Crippen molar-refractivity contribution in [1.29, 1.82) is 0 Å². The molecule has 0 heterocycles. The fraction of sp³-hybridized carbons (Fsp3) is 0.556. The minimum Gasteiger partial charge on any atom is -0.386 e. The van der Waals surface area contributed by atoms with Crippen LogP contribution in [-0.2, 0) is 0 Å². The van der Waals surface area contributed by atoms with Gasteiger partial charge >= 0.3 is 0 Å². The fourth-order valence-corrected chi connectivity index (χ4v) is 1.78. The second-order valence-electron chi connectivity index (χ2n) is 2.70. The molecule has 0 radical (unpaired) electrons. The predicted octanol–water partition coefficient (Wildman–Crippen LogP) is 0.957. The number of hydrogen-bond acceptors (Lipinski definition) is 3. The Morgan fingerprint density at radius 2 is 2.25 bits per heavy atom. The molecule has 0 unspecified atom stereocenters. The number of rotatable bonds is 3. The number of aliphatic hydroxyl groups excluding tert-OH is 2. The number of aliphatic hydroxyl groups is 2. The molecular weight excluding hydrogens is 172 g/mol. The summed E-state index contributed by atoms with van der Waals surface area (Å²) < 4.78 is 0. The molecule has 1 aliphatic carbocycles. The first kappa shape index (κ1) is 9.84. The Balaban J connectivity index is 2.51. The molecule has 0 bridgehead atoms. The van der Waals surface area contributed by atoms with Crippen LogP contribution in [0.1, 0.15) is 6.92 Å². The summed E-state index contributed by atoms with van der Waals surface area (Å²) in [5, 5.41) is 18.7. The average molecular weight is 186 g/mol. The van der Waals surface area contributed by atoms with Gasteiger partial charge in [0.25, 0.3) is 0 Å². The summed E-state index contributed by atoms with van der Waals surface area (Å²) in [6.07, 6.45) is 3.85. The zero-order valence-corrected chi connectivity index (χ0v) is 7.92. The lowest BCUT2D eigenvalue weighted by molar-refractivity contribution is 0.0719. The quantitative estimate of drug-likeness (QED) is 0.689. The molecule has 1 aliphatic rings. The zero-order chi connectivity index (χ0) is 8.97. The van der Waals surface area contributed by atoms with Crippen molar-refractivity contribution in [2.45, 2.75) is 19.1 Å². The molecule has 2 nitrogen and oxygen atoms in total. The van der Waals surface area contributed by atoms with E-state index in [1.807, 2.05) is 6.08 Å². The van der Waals surface area contributed by atoms with Crippen LogP contribution in [-0.4, -0.2) is 33.9 Å². The van der Waals surface area contributed by atoms with E-state index in [0.29, 0.717) is 0 Å². The molecule has 1 rings (SSSR count). The van der Waals surface area contributed by atoms with Gasteiger partial charge in [0.05, 0.1) is 0 Å². The second kappa shape index (κ2) is 4.70. The zero-order valence-electron chi connectivity index (χ0n) is 7.10. The van der Waals surface area contributed by atoms with Crippen LogP contribution in [0.2, 0.25) is 0 Å². The van der Waals surface area contributed by atoms with E-state index in [-0.39, 0.29) is 0 Å². The fourth-order valence-electron chi connectivity index (χ4n) is 1.07. The minimum atomic E-state index is -0.720. The average Bonchev–Trinajstić information content (AvgIpc) is 2.08. The highest BCUT2D eigenvalue weighted by Gasteiger charge is 2.19. The molecule has 68 valence electrons. The van der Waals surface area contributed by atoms with E-state index >= 15 is 0 Å². The van der Waals surface area contributed by atoms with Gasteiger partial charge in [-0.2, -0.15) is 11.8 Å². The topological polar surface area (TPSA) is 40.5 Å². The molecule has 0 aromatic rings. The first-order chi connectivity index (χ1) is 5.75. The van der Waals surface area contributed by atoms with Crippen LogP contribution in [0.15, 0.2) is 23.8 Å². The lowest BCUT2D eigenvalue weighted by Gasteiger charge is -2.20. The molecule has 0 saturated heterocycles. The molecule has 0 aromatic heterocycles. The first-order valence-corrected chi connectivity index (χ1v) is 5.22. The molecule has 2 N–H and O–H groups in total. The van der Waals surface area contributed by atoms with E-state index in [9.17, 15) is 10.2 Å². The molecule has 0 amide bonds. The van der Waals surface area contributed by atoms with Crippen molar-refractivity contribution in [3.05, 3.63) is 23.8 Å². The third-order valence-corrected chi connectivity index (χ3v) is 2.74. The van der Waals surface area contributed by atoms with Crippen molar-refractivity contribution < 1.29 is 10.2 Å². The van der Waals surface area contributed by atoms with E-state index in [1.54, 1.807) is 23.9 Å². The van der Waals surface area contributed by atoms with Gasteiger partial charge in [-0.05, 0) is 11.3 Å². The number of allylic oxidation sites excluding steroid dienone is 2. The molecule has 0 saturated carbocycles. The largest absolute Gasteiger partial charge is 0.386 e. The molecular formula is C9H14O2S. The van der Waals surface area contributed by atoms with Crippen LogP contribution < -0.4 is 0 Å². The third kappa shape index (κ3) is 2.37. The van der Waals surface area contributed by atoms with Crippen molar-refractivity contribution >= 4 is 11.8 Å². The summed E-state index contributed by atoms with van der Waals surface area (Å²) in [6.45, 7) is 2.08. The van der Waals surface area contributed by atoms with Crippen LogP contribution in [0.4, 0.5) is 0 Å². The predicted molar refractivity (Wildman–Crippen MR) is 52.2 cm³/mol. The van der Waals surface area contributed by atoms with Gasteiger partial charge in [0.2, 0.25) is 0 Å². The van der Waals surface area contributed by atoms with Crippen molar-refractivity contribution in [1.82, 2.24) is 0 Å². The van der Waals surface area contributed by atoms with Gasteiger partial charge < -0.3 is 10.2 Å². The highest BCUT2D eigenvalue weighted by atomic mass is 32.2. The lowest BCUT2D eigenvalue weighted by Crippen LogP contribution is -2.28. The molecule has 12 heavy (non-hydrogen) atoms. The first-order valence-electron chi connectivity index (χ1n) is 4.07. The molecule has 0 aliphatic heterocycles. The maximum absolute atomic E-state index is 9.48. The summed E-state index contributed by atoms with van der Waals surface area (Å²) in [5.41, 5.74) is 0.914. The Kier molecular flexibility index (Phi) is 3.85. The maximum atomic E-state index is 9.48. The van der Waals surface area contributed by atoms with Crippen LogP contribution >= 0.6 is 11.8 Å². The van der Waals surface area contributed by atoms with Crippen LogP contribution in [0.5, 0.6) is 0 Å². The summed E-state index contributed by atoms with van der Waals surface area (Å²) in [6, 6.07) is 0. The summed E-state index contributed by atoms with van der Waals surface area (Å²) in [7, 11) is 0. The normalized spacial score (nSPS) is 28.8. The van der Waals surface area contributed by atoms with Crippen molar-refractivity contribution in [2.24, 2.45) is 0 Å². The van der Waals surface area contributed by atoms with Gasteiger partial charge in [0.15, 0.2) is 0 Å². The Labute approximate surface area is 77.0 Å². The third-order valence-electron chi connectivity index (χ3n) is 1.79. The van der Waals surface area contributed by atoms with Gasteiger partial charge in [-0.1, -0.05) is 25.2 Å². The second-order valence-corrected chi connectivity index (χ2v) is 3.97. The maximum Gasteiger partial charge on any atom is 0.106 e. The van der Waals surface area contributed by atoms with Gasteiger partial charge in [-0.15, -0.1) is 0 Å². The summed E-state index contributed by atoms with van der Waals surface area (Å²) in [5.74, 6) is 1.84. The van der Waals surface area contributed by atoms with Crippen LogP contribution in [0.3, 0.4) is 0 Å². The highest BCUT2D eigenvalue weighted by molar-refractivity contribution is 7.99. The highest BCUT2D eigenvalue weighted by Crippen LogP contribution is 2.18. The van der Waals surface area contributed by atoms with Crippen molar-refractivity contribution in [3.8, 4) is 0 Å². The van der Waals surface area contributed by atoms with Gasteiger partial charge in [0, 0.05) is 5.75 Å². The van der Waals surface area contributed by atoms with E-state index in [0.717, 1.165) is 17.1 Å². The lowest BCUT2D eigenvalue weighted by atomic mass is 10.0. The SMILES string of the molecule is CCSCC1=CC=C[C@H](O)[C@@H]1O. The number of thioether (sulfide) groups is 1. The van der Waals surface area contributed by atoms with E-state index in [2.05, 4.69) is 6.92 Å².